The van der Waals surface area contributed by atoms with Crippen LogP contribution >= 0.6 is 35.3 Å². The second-order valence-corrected chi connectivity index (χ2v) is 8.41. The van der Waals surface area contributed by atoms with Gasteiger partial charge in [0.25, 0.3) is 0 Å². The Kier molecular flexibility index (Phi) is 12.3. The molecule has 0 radical (unpaired) electrons. The summed E-state index contributed by atoms with van der Waals surface area (Å²) in [7, 11) is 3.40. The number of nitrogens with one attached hydrogen (secondary N) is 2. The average molecular weight is 567 g/mol. The van der Waals surface area contributed by atoms with Crippen LogP contribution in [0.15, 0.2) is 4.99 Å². The van der Waals surface area contributed by atoms with Crippen molar-refractivity contribution >= 4 is 53.1 Å². The number of ether oxygens (including phenoxy) is 2. The van der Waals surface area contributed by atoms with Crippen molar-refractivity contribution in [3.05, 3.63) is 15.6 Å². The zero-order valence-corrected chi connectivity index (χ0v) is 22.0. The molecule has 9 nitrogen and oxygen atoms in total. The number of nitrogens with zero attached hydrogens (tertiary/aromatic N) is 3. The van der Waals surface area contributed by atoms with E-state index in [4.69, 9.17) is 9.47 Å². The highest BCUT2D eigenvalue weighted by atomic mass is 127. The zero-order chi connectivity index (χ0) is 22.1. The third-order valence-corrected chi connectivity index (χ3v) is 5.96. The lowest BCUT2D eigenvalue weighted by atomic mass is 10.1. The number of aromatic nitrogens is 1. The first-order valence-electron chi connectivity index (χ1n) is 10.3. The lowest BCUT2D eigenvalue weighted by molar-refractivity contribution is -0.127. The summed E-state index contributed by atoms with van der Waals surface area (Å²) in [5.41, 5.74) is 0.645. The molecule has 2 unspecified atom stereocenters. The molecule has 0 bridgehead atoms. The Morgan fingerprint density at radius 1 is 1.39 bits per heavy atom. The molecule has 0 aromatic carbocycles. The monoisotopic (exact) mass is 567 g/mol. The second kappa shape index (κ2) is 13.8. The van der Waals surface area contributed by atoms with E-state index in [-0.39, 0.29) is 54.5 Å². The lowest BCUT2D eigenvalue weighted by Crippen LogP contribution is -2.44. The van der Waals surface area contributed by atoms with Gasteiger partial charge in [-0.05, 0) is 40.0 Å². The largest absolute Gasteiger partial charge is 0.462 e. The molecule has 1 aromatic heterocycles. The molecule has 31 heavy (non-hydrogen) atoms. The molecule has 1 amide bonds. The highest BCUT2D eigenvalue weighted by Crippen LogP contribution is 2.24. The van der Waals surface area contributed by atoms with Gasteiger partial charge in [0, 0.05) is 27.2 Å². The minimum atomic E-state index is -0.357. The first kappa shape index (κ1) is 27.6. The van der Waals surface area contributed by atoms with Crippen molar-refractivity contribution in [3.63, 3.8) is 0 Å². The Balaban J connectivity index is 0.00000480. The average Bonchev–Trinajstić information content (AvgIpc) is 3.12. The van der Waals surface area contributed by atoms with E-state index < -0.39 is 0 Å². The van der Waals surface area contributed by atoms with E-state index in [2.05, 4.69) is 20.6 Å². The van der Waals surface area contributed by atoms with Crippen LogP contribution in [-0.4, -0.2) is 74.2 Å². The Morgan fingerprint density at radius 3 is 2.74 bits per heavy atom. The van der Waals surface area contributed by atoms with Crippen LogP contribution in [0.1, 0.15) is 59.5 Å². The molecule has 2 N–H and O–H groups in total. The Bertz CT molecular complexity index is 750. The van der Waals surface area contributed by atoms with E-state index in [0.717, 1.165) is 30.9 Å². The third-order valence-electron chi connectivity index (χ3n) is 4.64. The number of hydrogen-bond donors (Lipinski definition) is 2. The summed E-state index contributed by atoms with van der Waals surface area (Å²) in [4.78, 5) is 35.0. The summed E-state index contributed by atoms with van der Waals surface area (Å²) in [5, 5.41) is 7.31. The number of aryl methyl sites for hydroxylation is 1. The van der Waals surface area contributed by atoms with Crippen LogP contribution < -0.4 is 10.6 Å². The number of amides is 1. The van der Waals surface area contributed by atoms with Crippen LogP contribution in [0, 0.1) is 6.92 Å². The maximum atomic E-state index is 12.1. The van der Waals surface area contributed by atoms with Gasteiger partial charge in [0.2, 0.25) is 5.91 Å². The smallest absolute Gasteiger partial charge is 0.350 e. The third kappa shape index (κ3) is 8.89. The molecule has 2 rings (SSSR count). The van der Waals surface area contributed by atoms with E-state index in [1.165, 1.54) is 16.2 Å². The van der Waals surface area contributed by atoms with Crippen molar-refractivity contribution in [2.24, 2.45) is 4.99 Å². The Labute approximate surface area is 205 Å². The summed E-state index contributed by atoms with van der Waals surface area (Å²) >= 11 is 1.30. The topological polar surface area (TPSA) is 105 Å². The molecule has 11 heteroatoms. The van der Waals surface area contributed by atoms with Crippen molar-refractivity contribution in [1.29, 1.82) is 0 Å². The summed E-state index contributed by atoms with van der Waals surface area (Å²) < 4.78 is 10.9. The quantitative estimate of drug-likeness (QED) is 0.215. The van der Waals surface area contributed by atoms with E-state index >= 15 is 0 Å². The van der Waals surface area contributed by atoms with Gasteiger partial charge >= 0.3 is 5.97 Å². The van der Waals surface area contributed by atoms with Crippen molar-refractivity contribution < 1.29 is 19.1 Å². The number of carbonyl (C=O) groups excluding carboxylic acids is 2. The van der Waals surface area contributed by atoms with Crippen LogP contribution in [-0.2, 0) is 14.3 Å². The number of likely N-dealkylation sites (N-methyl/N-ethyl adjacent to an activating group) is 1. The number of halogens is 1. The van der Waals surface area contributed by atoms with Gasteiger partial charge in [0.05, 0.1) is 24.4 Å². The molecule has 0 aliphatic carbocycles. The fourth-order valence-corrected chi connectivity index (χ4v) is 3.84. The predicted molar refractivity (Wildman–Crippen MR) is 132 cm³/mol. The van der Waals surface area contributed by atoms with E-state index in [1.807, 2.05) is 6.92 Å². The van der Waals surface area contributed by atoms with E-state index in [0.29, 0.717) is 29.7 Å². The summed E-state index contributed by atoms with van der Waals surface area (Å²) in [6, 6.07) is -0.204. The van der Waals surface area contributed by atoms with Gasteiger partial charge in [-0.2, -0.15) is 0 Å². The Morgan fingerprint density at radius 2 is 2.13 bits per heavy atom. The number of guanidine groups is 1. The highest BCUT2D eigenvalue weighted by Gasteiger charge is 2.21. The first-order valence-corrected chi connectivity index (χ1v) is 11.1. The molecule has 1 fully saturated rings. The lowest BCUT2D eigenvalue weighted by Gasteiger charge is -2.24. The summed E-state index contributed by atoms with van der Waals surface area (Å²) in [6.07, 6.45) is 3.37. The van der Waals surface area contributed by atoms with Crippen molar-refractivity contribution in [3.8, 4) is 0 Å². The second-order valence-electron chi connectivity index (χ2n) is 7.38. The molecule has 0 saturated carbocycles. The van der Waals surface area contributed by atoms with Gasteiger partial charge in [0.1, 0.15) is 16.4 Å². The maximum absolute atomic E-state index is 12.1. The number of carbonyl (C=O) groups is 2. The molecular weight excluding hydrogens is 533 g/mol. The first-order chi connectivity index (χ1) is 14.3. The molecule has 2 atom stereocenters. The fourth-order valence-electron chi connectivity index (χ4n) is 2.87. The summed E-state index contributed by atoms with van der Waals surface area (Å²) in [6.45, 7) is 7.25. The molecule has 1 aliphatic heterocycles. The van der Waals surface area contributed by atoms with Crippen LogP contribution in [0.2, 0.25) is 0 Å². The number of esters is 1. The zero-order valence-electron chi connectivity index (χ0n) is 18.9. The number of hydrogen-bond acceptors (Lipinski definition) is 7. The number of rotatable bonds is 8. The SMILES string of the molecule is CCOC(=O)c1sc(C(C)NC(=NCC(=O)N(C)C)NCC2CCCCO2)nc1C.I. The maximum Gasteiger partial charge on any atom is 0.350 e. The van der Waals surface area contributed by atoms with Gasteiger partial charge in [0.15, 0.2) is 5.96 Å². The van der Waals surface area contributed by atoms with Crippen LogP contribution in [0.25, 0.3) is 0 Å². The predicted octanol–water partition coefficient (Wildman–Crippen LogP) is 2.50. The van der Waals surface area contributed by atoms with E-state index in [1.54, 1.807) is 27.9 Å². The fraction of sp³-hybridized carbons (Fsp3) is 0.700. The van der Waals surface area contributed by atoms with Crippen molar-refractivity contribution in [1.82, 2.24) is 20.5 Å². The molecule has 176 valence electrons. The molecular formula is C20H34IN5O4S. The summed E-state index contributed by atoms with van der Waals surface area (Å²) in [5.74, 6) is 0.0637. The van der Waals surface area contributed by atoms with Crippen molar-refractivity contribution in [2.75, 3.05) is 40.4 Å². The molecule has 1 aliphatic rings. The Hall–Kier alpha value is -1.47. The minimum Gasteiger partial charge on any atom is -0.462 e. The van der Waals surface area contributed by atoms with Gasteiger partial charge in [-0.25, -0.2) is 14.8 Å². The van der Waals surface area contributed by atoms with Gasteiger partial charge in [-0.3, -0.25) is 4.79 Å². The number of aliphatic imine (C=N–C) groups is 1. The molecule has 0 spiro atoms. The van der Waals surface area contributed by atoms with Crippen molar-refractivity contribution in [2.45, 2.75) is 52.2 Å². The standard InChI is InChI=1S/C20H33N5O4S.HI/c1-6-28-19(27)17-13(2)23-18(30-17)14(3)24-20(22-12-16(26)25(4)5)21-11-15-9-7-8-10-29-15;/h14-15H,6-12H2,1-5H3,(H2,21,22,24);1H. The minimum absolute atomic E-state index is 0. The van der Waals surface area contributed by atoms with Crippen LogP contribution in [0.5, 0.6) is 0 Å². The van der Waals surface area contributed by atoms with E-state index in [9.17, 15) is 9.59 Å². The van der Waals surface area contributed by atoms with Gasteiger partial charge in [-0.1, -0.05) is 0 Å². The van der Waals surface area contributed by atoms with Gasteiger partial charge < -0.3 is 25.0 Å². The molecule has 1 aromatic rings. The highest BCUT2D eigenvalue weighted by molar-refractivity contribution is 14.0. The molecule has 2 heterocycles. The van der Waals surface area contributed by atoms with Crippen LogP contribution in [0.3, 0.4) is 0 Å². The van der Waals surface area contributed by atoms with Crippen LogP contribution in [0.4, 0.5) is 0 Å². The molecule has 1 saturated heterocycles. The number of thiazole rings is 1. The van der Waals surface area contributed by atoms with Gasteiger partial charge in [-0.15, -0.1) is 35.3 Å². The normalized spacial score (nSPS) is 17.3.